The lowest BCUT2D eigenvalue weighted by Crippen LogP contribution is -2.88. The molecule has 0 saturated carbocycles. The second-order valence-corrected chi connectivity index (χ2v) is 6.51. The van der Waals surface area contributed by atoms with E-state index in [0.29, 0.717) is 6.42 Å². The number of nitrogens with zero attached hydrogens (tertiary/aromatic N) is 2. The van der Waals surface area contributed by atoms with E-state index in [1.54, 1.807) is 24.5 Å². The second-order valence-electron chi connectivity index (χ2n) is 6.51. The average Bonchev–Trinajstić information content (AvgIpc) is 3.20. The van der Waals surface area contributed by atoms with Crippen molar-refractivity contribution in [3.05, 3.63) is 65.7 Å². The summed E-state index contributed by atoms with van der Waals surface area (Å²) < 4.78 is 5.23. The molecule has 3 rings (SSSR count). The normalized spacial score (nSPS) is 15.9. The summed E-state index contributed by atoms with van der Waals surface area (Å²) in [5.74, 6) is 0.521. The molecule has 0 aliphatic carbocycles. The molecule has 1 heterocycles. The van der Waals surface area contributed by atoms with Gasteiger partial charge in [-0.05, 0) is 23.3 Å². The van der Waals surface area contributed by atoms with Crippen molar-refractivity contribution in [3.63, 3.8) is 0 Å². The standard InChI is InChI=1S/C21H24N4O3/c1-22-20(26)13-23-14-21(27)25-19(16-8-10-17(28-2)11-9-16)12-18(24-25)15-6-4-3-5-7-15/h3-11,19,23H,12-14H2,1-2H3,(H,22,26)/p+1/t19-/m0/s1. The van der Waals surface area contributed by atoms with Crippen molar-refractivity contribution in [1.82, 2.24) is 10.3 Å². The number of amides is 2. The SMILES string of the molecule is CNC(=O)C[NH2+]CC(=O)N1N=C(c2ccccc2)C[C@H]1c1ccc(OC)cc1. The first kappa shape index (κ1) is 19.6. The zero-order valence-corrected chi connectivity index (χ0v) is 16.1. The highest BCUT2D eigenvalue weighted by molar-refractivity contribution is 6.03. The van der Waals surface area contributed by atoms with Gasteiger partial charge in [-0.1, -0.05) is 42.5 Å². The van der Waals surface area contributed by atoms with Crippen LogP contribution >= 0.6 is 0 Å². The Balaban J connectivity index is 1.80. The molecule has 146 valence electrons. The minimum absolute atomic E-state index is 0.116. The molecule has 2 amide bonds. The van der Waals surface area contributed by atoms with E-state index in [9.17, 15) is 9.59 Å². The maximum absolute atomic E-state index is 12.8. The number of rotatable bonds is 7. The zero-order chi connectivity index (χ0) is 19.9. The Morgan fingerprint density at radius 1 is 1.14 bits per heavy atom. The third kappa shape index (κ3) is 4.55. The first-order valence-corrected chi connectivity index (χ1v) is 9.23. The van der Waals surface area contributed by atoms with Crippen molar-refractivity contribution in [2.75, 3.05) is 27.2 Å². The summed E-state index contributed by atoms with van der Waals surface area (Å²) in [6.07, 6.45) is 0.636. The molecular formula is C21H25N4O3+. The van der Waals surface area contributed by atoms with Crippen LogP contribution < -0.4 is 15.4 Å². The number of carbonyl (C=O) groups is 2. The lowest BCUT2D eigenvalue weighted by Gasteiger charge is -2.21. The van der Waals surface area contributed by atoms with Gasteiger partial charge < -0.3 is 15.4 Å². The van der Waals surface area contributed by atoms with Gasteiger partial charge in [0.05, 0.1) is 18.9 Å². The summed E-state index contributed by atoms with van der Waals surface area (Å²) in [4.78, 5) is 24.2. The van der Waals surface area contributed by atoms with E-state index in [1.807, 2.05) is 54.6 Å². The molecule has 1 atom stereocenters. The Hall–Kier alpha value is -3.19. The minimum atomic E-state index is -0.179. The van der Waals surface area contributed by atoms with E-state index >= 15 is 0 Å². The van der Waals surface area contributed by atoms with Crippen LogP contribution in [-0.4, -0.2) is 49.8 Å². The molecule has 0 fully saturated rings. The van der Waals surface area contributed by atoms with E-state index in [0.717, 1.165) is 22.6 Å². The quantitative estimate of drug-likeness (QED) is 0.739. The predicted molar refractivity (Wildman–Crippen MR) is 106 cm³/mol. The van der Waals surface area contributed by atoms with Crippen LogP contribution in [0.4, 0.5) is 0 Å². The number of nitrogens with one attached hydrogen (secondary N) is 1. The number of ether oxygens (including phenoxy) is 1. The summed E-state index contributed by atoms with van der Waals surface area (Å²) in [5.41, 5.74) is 2.88. The summed E-state index contributed by atoms with van der Waals surface area (Å²) in [6, 6.07) is 17.4. The molecule has 28 heavy (non-hydrogen) atoms. The van der Waals surface area contributed by atoms with E-state index in [-0.39, 0.29) is 30.9 Å². The van der Waals surface area contributed by atoms with Crippen molar-refractivity contribution in [3.8, 4) is 5.75 Å². The number of nitrogens with two attached hydrogens (primary N) is 1. The predicted octanol–water partition coefficient (Wildman–Crippen LogP) is 0.682. The molecule has 7 nitrogen and oxygen atoms in total. The Labute approximate surface area is 164 Å². The van der Waals surface area contributed by atoms with Gasteiger partial charge in [0.25, 0.3) is 11.8 Å². The molecule has 0 unspecified atom stereocenters. The van der Waals surface area contributed by atoms with Crippen LogP contribution in [0.1, 0.15) is 23.6 Å². The zero-order valence-electron chi connectivity index (χ0n) is 16.1. The maximum atomic E-state index is 12.8. The smallest absolute Gasteiger partial charge is 0.298 e. The number of hydrazone groups is 1. The lowest BCUT2D eigenvalue weighted by molar-refractivity contribution is -0.633. The van der Waals surface area contributed by atoms with Crippen molar-refractivity contribution in [2.24, 2.45) is 5.10 Å². The Kier molecular flexibility index (Phi) is 6.39. The lowest BCUT2D eigenvalue weighted by atomic mass is 9.98. The number of quaternary nitrogens is 1. The molecule has 2 aromatic rings. The van der Waals surface area contributed by atoms with Crippen LogP contribution in [0, 0.1) is 0 Å². The number of carbonyl (C=O) groups excluding carboxylic acids is 2. The van der Waals surface area contributed by atoms with Gasteiger partial charge >= 0.3 is 0 Å². The number of methoxy groups -OCH3 is 1. The molecule has 0 saturated heterocycles. The molecule has 0 radical (unpaired) electrons. The van der Waals surface area contributed by atoms with Crippen molar-refractivity contribution < 1.29 is 19.6 Å². The Morgan fingerprint density at radius 3 is 2.50 bits per heavy atom. The highest BCUT2D eigenvalue weighted by atomic mass is 16.5. The fourth-order valence-corrected chi connectivity index (χ4v) is 3.15. The Bertz CT molecular complexity index is 850. The maximum Gasteiger partial charge on any atom is 0.298 e. The van der Waals surface area contributed by atoms with Crippen LogP contribution in [0.3, 0.4) is 0 Å². The van der Waals surface area contributed by atoms with Crippen LogP contribution in [0.5, 0.6) is 5.75 Å². The molecule has 3 N–H and O–H groups in total. The van der Waals surface area contributed by atoms with Crippen LogP contribution in [0.25, 0.3) is 0 Å². The van der Waals surface area contributed by atoms with Gasteiger partial charge in [0, 0.05) is 13.5 Å². The van der Waals surface area contributed by atoms with Crippen LogP contribution in [0.2, 0.25) is 0 Å². The van der Waals surface area contributed by atoms with E-state index < -0.39 is 0 Å². The number of hydrogen-bond acceptors (Lipinski definition) is 4. The summed E-state index contributed by atoms with van der Waals surface area (Å²) in [7, 11) is 3.20. The number of benzene rings is 2. The fourth-order valence-electron chi connectivity index (χ4n) is 3.15. The largest absolute Gasteiger partial charge is 0.497 e. The third-order valence-corrected chi connectivity index (χ3v) is 4.70. The van der Waals surface area contributed by atoms with Gasteiger partial charge in [-0.3, -0.25) is 9.59 Å². The van der Waals surface area contributed by atoms with Gasteiger partial charge in [-0.15, -0.1) is 0 Å². The molecule has 0 spiro atoms. The van der Waals surface area contributed by atoms with Gasteiger partial charge in [0.15, 0.2) is 13.1 Å². The van der Waals surface area contributed by atoms with Crippen molar-refractivity contribution in [2.45, 2.75) is 12.5 Å². The highest BCUT2D eigenvalue weighted by Gasteiger charge is 2.33. The minimum Gasteiger partial charge on any atom is -0.497 e. The van der Waals surface area contributed by atoms with E-state index in [1.165, 1.54) is 0 Å². The average molecular weight is 381 g/mol. The molecule has 0 aromatic heterocycles. The van der Waals surface area contributed by atoms with Gasteiger partial charge in [-0.25, -0.2) is 5.01 Å². The molecule has 7 heteroatoms. The summed E-state index contributed by atoms with van der Waals surface area (Å²) in [5, 5.41) is 10.4. The molecule has 1 aliphatic rings. The van der Waals surface area contributed by atoms with Gasteiger partial charge in [0.1, 0.15) is 5.75 Å². The van der Waals surface area contributed by atoms with E-state index in [2.05, 4.69) is 10.4 Å². The third-order valence-electron chi connectivity index (χ3n) is 4.70. The molecule has 1 aliphatic heterocycles. The molecular weight excluding hydrogens is 356 g/mol. The topological polar surface area (TPSA) is 87.6 Å². The summed E-state index contributed by atoms with van der Waals surface area (Å²) >= 11 is 0. The van der Waals surface area contributed by atoms with Gasteiger partial charge in [-0.2, -0.15) is 5.10 Å². The summed E-state index contributed by atoms with van der Waals surface area (Å²) in [6.45, 7) is 0.365. The van der Waals surface area contributed by atoms with Crippen molar-refractivity contribution in [1.29, 1.82) is 0 Å². The van der Waals surface area contributed by atoms with Crippen molar-refractivity contribution >= 4 is 17.5 Å². The molecule has 2 aromatic carbocycles. The number of hydrogen-bond donors (Lipinski definition) is 2. The first-order valence-electron chi connectivity index (χ1n) is 9.23. The van der Waals surface area contributed by atoms with E-state index in [4.69, 9.17) is 4.74 Å². The second kappa shape index (κ2) is 9.14. The first-order chi connectivity index (χ1) is 13.6. The monoisotopic (exact) mass is 381 g/mol. The van der Waals surface area contributed by atoms with Crippen LogP contribution in [-0.2, 0) is 9.59 Å². The molecule has 0 bridgehead atoms. The van der Waals surface area contributed by atoms with Gasteiger partial charge in [0.2, 0.25) is 0 Å². The Morgan fingerprint density at radius 2 is 1.86 bits per heavy atom. The highest BCUT2D eigenvalue weighted by Crippen LogP contribution is 2.33. The van der Waals surface area contributed by atoms with Crippen LogP contribution in [0.15, 0.2) is 59.7 Å². The number of likely N-dealkylation sites (N-methyl/N-ethyl adjacent to an activating group) is 1. The fraction of sp³-hybridized carbons (Fsp3) is 0.286.